The Balaban J connectivity index is 1.60. The lowest BCUT2D eigenvalue weighted by atomic mass is 10.4. The van der Waals surface area contributed by atoms with Gasteiger partial charge >= 0.3 is 17.9 Å². The number of carboxylic acids is 3. The van der Waals surface area contributed by atoms with Gasteiger partial charge in [-0.3, -0.25) is 0 Å². The van der Waals surface area contributed by atoms with Crippen molar-refractivity contribution >= 4 is 35.6 Å². The molecule has 0 bridgehead atoms. The summed E-state index contributed by atoms with van der Waals surface area (Å²) in [5, 5.41) is 32.7. The lowest BCUT2D eigenvalue weighted by Gasteiger charge is -2.22. The summed E-state index contributed by atoms with van der Waals surface area (Å²) >= 11 is 0. The van der Waals surface area contributed by atoms with Crippen molar-refractivity contribution in [1.29, 1.82) is 0 Å². The summed E-state index contributed by atoms with van der Waals surface area (Å²) in [6.07, 6.45) is 0. The van der Waals surface area contributed by atoms with Crippen LogP contribution in [-0.2, 0) is 0 Å². The van der Waals surface area contributed by atoms with Crippen LogP contribution in [0.3, 0.4) is 0 Å². The largest absolute Gasteiger partial charge is 0.475 e. The van der Waals surface area contributed by atoms with E-state index < -0.39 is 17.9 Å². The van der Waals surface area contributed by atoms with Gasteiger partial charge in [0.05, 0.1) is 0 Å². The zero-order valence-corrected chi connectivity index (χ0v) is 16.0. The summed E-state index contributed by atoms with van der Waals surface area (Å²) in [5.74, 6) is -3.29. The summed E-state index contributed by atoms with van der Waals surface area (Å²) in [7, 11) is 0. The number of carboxylic acid groups (broad SMARTS) is 3. The predicted octanol–water partition coefficient (Wildman–Crippen LogP) is 2.59. The van der Waals surface area contributed by atoms with E-state index in [0.29, 0.717) is 32.1 Å². The first-order valence-electron chi connectivity index (χ1n) is 9.05. The first-order valence-corrected chi connectivity index (χ1v) is 9.05. The molecule has 0 radical (unpaired) electrons. The summed E-state index contributed by atoms with van der Waals surface area (Å²) in [6.45, 7) is 1.38. The third-order valence-corrected chi connectivity index (χ3v) is 4.11. The van der Waals surface area contributed by atoms with Crippen LogP contribution in [0.15, 0.2) is 49.6 Å². The molecule has 12 nitrogen and oxygen atoms in total. The normalized spacial score (nSPS) is 10.6. The summed E-state index contributed by atoms with van der Waals surface area (Å²) in [5.41, 5.74) is 0. The van der Waals surface area contributed by atoms with Gasteiger partial charge in [0.15, 0.2) is 17.7 Å². The van der Waals surface area contributed by atoms with Crippen LogP contribution in [0.5, 0.6) is 0 Å². The quantitative estimate of drug-likeness (QED) is 0.282. The second-order valence-electron chi connectivity index (χ2n) is 6.22. The minimum Gasteiger partial charge on any atom is -0.475 e. The van der Waals surface area contributed by atoms with Crippen LogP contribution >= 0.6 is 0 Å². The first kappa shape index (κ1) is 21.4. The SMILES string of the molecule is O=C(O)c1ccc(NCCN(CCNc2ccc(C(=O)O)o2)c2ccc(C(=O)O)o2)o1. The maximum Gasteiger partial charge on any atom is 0.371 e. The Morgan fingerprint density at radius 1 is 0.677 bits per heavy atom. The number of furan rings is 3. The molecule has 3 aromatic rings. The van der Waals surface area contributed by atoms with Gasteiger partial charge in [-0.1, -0.05) is 0 Å². The van der Waals surface area contributed by atoms with Crippen LogP contribution in [0, 0.1) is 0 Å². The van der Waals surface area contributed by atoms with Crippen molar-refractivity contribution < 1.29 is 43.0 Å². The topological polar surface area (TPSA) is 179 Å². The van der Waals surface area contributed by atoms with Gasteiger partial charge in [0, 0.05) is 44.4 Å². The Labute approximate surface area is 174 Å². The number of nitrogens with zero attached hydrogens (tertiary/aromatic N) is 1. The second kappa shape index (κ2) is 9.43. The van der Waals surface area contributed by atoms with E-state index in [1.54, 1.807) is 4.90 Å². The highest BCUT2D eigenvalue weighted by Crippen LogP contribution is 2.19. The third kappa shape index (κ3) is 5.59. The molecule has 12 heteroatoms. The molecule has 31 heavy (non-hydrogen) atoms. The van der Waals surface area contributed by atoms with Gasteiger partial charge in [0.25, 0.3) is 0 Å². The minimum atomic E-state index is -1.20. The number of anilines is 3. The third-order valence-electron chi connectivity index (χ3n) is 4.11. The van der Waals surface area contributed by atoms with Crippen molar-refractivity contribution in [3.8, 4) is 0 Å². The number of carbonyl (C=O) groups is 3. The molecule has 5 N–H and O–H groups in total. The van der Waals surface area contributed by atoms with Gasteiger partial charge in [-0.2, -0.15) is 0 Å². The Bertz CT molecular complexity index is 1010. The van der Waals surface area contributed by atoms with E-state index in [9.17, 15) is 14.4 Å². The van der Waals surface area contributed by atoms with Crippen LogP contribution in [0.4, 0.5) is 17.7 Å². The summed E-state index contributed by atoms with van der Waals surface area (Å²) in [4.78, 5) is 34.6. The highest BCUT2D eigenvalue weighted by Gasteiger charge is 2.16. The van der Waals surface area contributed by atoms with Gasteiger partial charge in [-0.15, -0.1) is 0 Å². The zero-order valence-electron chi connectivity index (χ0n) is 16.0. The Morgan fingerprint density at radius 3 is 1.48 bits per heavy atom. The molecule has 0 aliphatic rings. The van der Waals surface area contributed by atoms with Gasteiger partial charge in [-0.25, -0.2) is 14.4 Å². The standard InChI is InChI=1S/C19H19N3O9/c23-17(24)11-1-4-14(29-11)20-7-9-22(16-6-3-13(31-16)19(27)28)10-8-21-15-5-2-12(30-15)18(25)26/h1-6,20-21H,7-10H2,(H,23,24)(H,25,26)(H,27,28). The molecule has 3 rings (SSSR count). The number of rotatable bonds is 12. The molecule has 0 saturated carbocycles. The molecule has 0 atom stereocenters. The highest BCUT2D eigenvalue weighted by atomic mass is 16.4. The Morgan fingerprint density at radius 2 is 1.10 bits per heavy atom. The molecule has 164 valence electrons. The monoisotopic (exact) mass is 433 g/mol. The van der Waals surface area contributed by atoms with E-state index in [-0.39, 0.29) is 29.0 Å². The smallest absolute Gasteiger partial charge is 0.371 e. The van der Waals surface area contributed by atoms with Crippen molar-refractivity contribution in [3.05, 3.63) is 53.7 Å². The van der Waals surface area contributed by atoms with E-state index >= 15 is 0 Å². The van der Waals surface area contributed by atoms with E-state index in [1.165, 1.54) is 36.4 Å². The molecular formula is C19H19N3O9. The first-order chi connectivity index (χ1) is 14.8. The van der Waals surface area contributed by atoms with Gasteiger partial charge in [-0.05, 0) is 18.2 Å². The molecule has 0 fully saturated rings. The average Bonchev–Trinajstić information content (AvgIpc) is 3.46. The fraction of sp³-hybridized carbons (Fsp3) is 0.211. The fourth-order valence-corrected chi connectivity index (χ4v) is 2.67. The van der Waals surface area contributed by atoms with E-state index in [2.05, 4.69) is 10.6 Å². The number of aromatic carboxylic acids is 3. The van der Waals surface area contributed by atoms with Crippen molar-refractivity contribution in [2.75, 3.05) is 41.7 Å². The van der Waals surface area contributed by atoms with E-state index in [4.69, 9.17) is 28.6 Å². The number of nitrogens with one attached hydrogen (secondary N) is 2. The van der Waals surface area contributed by atoms with Gasteiger partial charge in [0.2, 0.25) is 17.3 Å². The molecule has 0 aromatic carbocycles. The summed E-state index contributed by atoms with van der Waals surface area (Å²) < 4.78 is 15.6. The Hall–Kier alpha value is -4.35. The minimum absolute atomic E-state index is 0.195. The van der Waals surface area contributed by atoms with Gasteiger partial charge < -0.3 is 44.1 Å². The zero-order chi connectivity index (χ0) is 22.4. The molecule has 3 heterocycles. The predicted molar refractivity (Wildman–Crippen MR) is 106 cm³/mol. The lowest BCUT2D eigenvalue weighted by molar-refractivity contribution is 0.0653. The molecule has 0 unspecified atom stereocenters. The van der Waals surface area contributed by atoms with Crippen molar-refractivity contribution in [2.45, 2.75) is 0 Å². The van der Waals surface area contributed by atoms with Crippen LogP contribution in [0.2, 0.25) is 0 Å². The number of hydrogen-bond acceptors (Lipinski definition) is 9. The van der Waals surface area contributed by atoms with E-state index in [0.717, 1.165) is 0 Å². The second-order valence-corrected chi connectivity index (χ2v) is 6.22. The average molecular weight is 433 g/mol. The van der Waals surface area contributed by atoms with Crippen LogP contribution < -0.4 is 15.5 Å². The lowest BCUT2D eigenvalue weighted by Crippen LogP contribution is -2.33. The van der Waals surface area contributed by atoms with Crippen LogP contribution in [0.1, 0.15) is 31.7 Å². The maximum atomic E-state index is 11.1. The molecule has 0 aliphatic heterocycles. The van der Waals surface area contributed by atoms with Crippen molar-refractivity contribution in [2.24, 2.45) is 0 Å². The molecule has 3 aromatic heterocycles. The molecular weight excluding hydrogens is 414 g/mol. The van der Waals surface area contributed by atoms with Crippen LogP contribution in [0.25, 0.3) is 0 Å². The Kier molecular flexibility index (Phi) is 6.50. The van der Waals surface area contributed by atoms with E-state index in [1.807, 2.05) is 0 Å². The molecule has 0 saturated heterocycles. The molecule has 0 spiro atoms. The molecule has 0 amide bonds. The summed E-state index contributed by atoms with van der Waals surface area (Å²) in [6, 6.07) is 8.49. The number of hydrogen-bond donors (Lipinski definition) is 5. The molecule has 0 aliphatic carbocycles. The highest BCUT2D eigenvalue weighted by molar-refractivity contribution is 5.85. The van der Waals surface area contributed by atoms with Crippen molar-refractivity contribution in [3.63, 3.8) is 0 Å². The van der Waals surface area contributed by atoms with Crippen molar-refractivity contribution in [1.82, 2.24) is 0 Å². The van der Waals surface area contributed by atoms with Crippen LogP contribution in [-0.4, -0.2) is 59.4 Å². The van der Waals surface area contributed by atoms with Gasteiger partial charge in [0.1, 0.15) is 0 Å². The fourth-order valence-electron chi connectivity index (χ4n) is 2.67. The maximum absolute atomic E-state index is 11.1.